The Morgan fingerprint density at radius 2 is 2.12 bits per heavy atom. The van der Waals surface area contributed by atoms with Crippen LogP contribution < -0.4 is 4.90 Å². The van der Waals surface area contributed by atoms with E-state index in [9.17, 15) is 0 Å². The quantitative estimate of drug-likeness (QED) is 0.757. The zero-order chi connectivity index (χ0) is 11.7. The summed E-state index contributed by atoms with van der Waals surface area (Å²) in [7, 11) is 0. The van der Waals surface area contributed by atoms with Crippen LogP contribution in [0.1, 0.15) is 11.5 Å². The van der Waals surface area contributed by atoms with Gasteiger partial charge in [-0.1, -0.05) is 0 Å². The number of nitrogens with zero attached hydrogens (tertiary/aromatic N) is 6. The summed E-state index contributed by atoms with van der Waals surface area (Å²) < 4.78 is 2.03. The Morgan fingerprint density at radius 3 is 2.88 bits per heavy atom. The van der Waals surface area contributed by atoms with Crippen molar-refractivity contribution in [3.63, 3.8) is 0 Å². The largest absolute Gasteiger partial charge is 0.390 e. The molecular weight excluding hydrogens is 220 g/mol. The molecule has 0 fully saturated rings. The molecule has 17 heavy (non-hydrogen) atoms. The number of aliphatic hydroxyl groups excluding tert-OH is 1. The van der Waals surface area contributed by atoms with E-state index in [2.05, 4.69) is 25.3 Å². The molecule has 3 heterocycles. The average molecular weight is 232 g/mol. The lowest BCUT2D eigenvalue weighted by Crippen LogP contribution is -2.34. The lowest BCUT2D eigenvalue weighted by Gasteiger charge is -2.27. The summed E-state index contributed by atoms with van der Waals surface area (Å²) in [6.45, 7) is 2.32. The Labute approximate surface area is 97.7 Å². The first-order valence-corrected chi connectivity index (χ1v) is 5.42. The van der Waals surface area contributed by atoms with Gasteiger partial charge in [0.05, 0.1) is 18.8 Å². The first-order valence-electron chi connectivity index (χ1n) is 5.42. The van der Waals surface area contributed by atoms with Gasteiger partial charge in [0.15, 0.2) is 11.6 Å². The van der Waals surface area contributed by atoms with Crippen LogP contribution in [0.4, 0.5) is 5.82 Å². The van der Waals surface area contributed by atoms with Gasteiger partial charge in [0, 0.05) is 13.1 Å². The Hall–Kier alpha value is -2.02. The van der Waals surface area contributed by atoms with E-state index in [0.717, 1.165) is 24.7 Å². The van der Waals surface area contributed by atoms with Crippen molar-refractivity contribution in [1.29, 1.82) is 0 Å². The average Bonchev–Trinajstić information content (AvgIpc) is 2.86. The highest BCUT2D eigenvalue weighted by molar-refractivity contribution is 5.38. The molecule has 0 radical (unpaired) electrons. The minimum atomic E-state index is -0.0817. The van der Waals surface area contributed by atoms with Gasteiger partial charge in [-0.25, -0.2) is 0 Å². The Morgan fingerprint density at radius 1 is 1.18 bits per heavy atom. The molecule has 0 aromatic carbocycles. The molecule has 0 saturated heterocycles. The van der Waals surface area contributed by atoms with E-state index >= 15 is 0 Å². The first-order chi connectivity index (χ1) is 8.36. The molecule has 0 spiro atoms. The molecule has 1 N–H and O–H groups in total. The van der Waals surface area contributed by atoms with Crippen molar-refractivity contribution >= 4 is 5.82 Å². The molecule has 0 bridgehead atoms. The molecule has 3 rings (SSSR count). The van der Waals surface area contributed by atoms with Crippen molar-refractivity contribution in [3.05, 3.63) is 30.0 Å². The number of fused-ring (bicyclic) bond motifs is 1. The first kappa shape index (κ1) is 10.2. The van der Waals surface area contributed by atoms with E-state index < -0.39 is 0 Å². The fourth-order valence-electron chi connectivity index (χ4n) is 1.87. The molecule has 0 aliphatic carbocycles. The van der Waals surface area contributed by atoms with Crippen LogP contribution in [0.25, 0.3) is 0 Å². The maximum absolute atomic E-state index is 8.90. The van der Waals surface area contributed by atoms with Crippen LogP contribution in [0.2, 0.25) is 0 Å². The Kier molecular flexibility index (Phi) is 2.45. The van der Waals surface area contributed by atoms with Gasteiger partial charge in [-0.05, 0) is 12.1 Å². The maximum Gasteiger partial charge on any atom is 0.152 e. The molecule has 7 nitrogen and oxygen atoms in total. The number of hydrogen-bond acceptors (Lipinski definition) is 6. The summed E-state index contributed by atoms with van der Waals surface area (Å²) in [4.78, 5) is 2.10. The zero-order valence-electron chi connectivity index (χ0n) is 9.19. The van der Waals surface area contributed by atoms with E-state index in [1.165, 1.54) is 0 Å². The van der Waals surface area contributed by atoms with Gasteiger partial charge in [0.1, 0.15) is 6.33 Å². The third-order valence-corrected chi connectivity index (χ3v) is 2.83. The van der Waals surface area contributed by atoms with E-state index in [1.807, 2.05) is 10.6 Å². The summed E-state index contributed by atoms with van der Waals surface area (Å²) >= 11 is 0. The number of anilines is 1. The lowest BCUT2D eigenvalue weighted by molar-refractivity contribution is 0.275. The Balaban J connectivity index is 1.81. The molecule has 88 valence electrons. The number of aliphatic hydroxyl groups is 1. The highest BCUT2D eigenvalue weighted by Crippen LogP contribution is 2.16. The van der Waals surface area contributed by atoms with Gasteiger partial charge in [0.2, 0.25) is 0 Å². The van der Waals surface area contributed by atoms with Crippen LogP contribution in [0.3, 0.4) is 0 Å². The summed E-state index contributed by atoms with van der Waals surface area (Å²) in [6, 6.07) is 3.65. The normalized spacial score (nSPS) is 14.8. The lowest BCUT2D eigenvalue weighted by atomic mass is 10.3. The number of hydrogen-bond donors (Lipinski definition) is 1. The molecule has 2 aromatic rings. The molecule has 1 aliphatic heterocycles. The third-order valence-electron chi connectivity index (χ3n) is 2.83. The summed E-state index contributed by atoms with van der Waals surface area (Å²) in [6.07, 6.45) is 1.74. The number of rotatable bonds is 2. The van der Waals surface area contributed by atoms with Crippen molar-refractivity contribution in [2.45, 2.75) is 19.7 Å². The molecule has 0 amide bonds. The second kappa shape index (κ2) is 4.10. The molecule has 0 atom stereocenters. The zero-order valence-corrected chi connectivity index (χ0v) is 9.19. The fraction of sp³-hybridized carbons (Fsp3) is 0.400. The van der Waals surface area contributed by atoms with Crippen LogP contribution in [-0.2, 0) is 19.7 Å². The summed E-state index contributed by atoms with van der Waals surface area (Å²) in [5.74, 6) is 1.74. The standard InChI is InChI=1S/C10H12N6O/c17-6-8-1-2-9(14-12-8)15-3-4-16-7-11-13-10(16)5-15/h1-2,7,17H,3-6H2. The van der Waals surface area contributed by atoms with Crippen LogP contribution >= 0.6 is 0 Å². The van der Waals surface area contributed by atoms with Crippen LogP contribution in [0.15, 0.2) is 18.5 Å². The van der Waals surface area contributed by atoms with Crippen molar-refractivity contribution in [2.75, 3.05) is 11.4 Å². The highest BCUT2D eigenvalue weighted by atomic mass is 16.3. The second-order valence-corrected chi connectivity index (χ2v) is 3.90. The predicted molar refractivity (Wildman–Crippen MR) is 59.0 cm³/mol. The minimum Gasteiger partial charge on any atom is -0.390 e. The Bertz CT molecular complexity index is 508. The molecular formula is C10H12N6O. The van der Waals surface area contributed by atoms with Crippen molar-refractivity contribution in [1.82, 2.24) is 25.0 Å². The fourth-order valence-corrected chi connectivity index (χ4v) is 1.87. The van der Waals surface area contributed by atoms with Gasteiger partial charge in [-0.2, -0.15) is 5.10 Å². The third kappa shape index (κ3) is 1.84. The van der Waals surface area contributed by atoms with Crippen molar-refractivity contribution in [2.24, 2.45) is 0 Å². The van der Waals surface area contributed by atoms with Gasteiger partial charge < -0.3 is 14.6 Å². The molecule has 0 unspecified atom stereocenters. The minimum absolute atomic E-state index is 0.0817. The summed E-state index contributed by atoms with van der Waals surface area (Å²) in [5.41, 5.74) is 0.578. The number of aromatic nitrogens is 5. The van der Waals surface area contributed by atoms with Crippen molar-refractivity contribution < 1.29 is 5.11 Å². The van der Waals surface area contributed by atoms with E-state index in [1.54, 1.807) is 12.4 Å². The van der Waals surface area contributed by atoms with Gasteiger partial charge >= 0.3 is 0 Å². The van der Waals surface area contributed by atoms with Gasteiger partial charge in [-0.3, -0.25) is 0 Å². The van der Waals surface area contributed by atoms with Gasteiger partial charge in [-0.15, -0.1) is 15.3 Å². The topological polar surface area (TPSA) is 80.0 Å². The molecule has 2 aromatic heterocycles. The van der Waals surface area contributed by atoms with Crippen molar-refractivity contribution in [3.8, 4) is 0 Å². The van der Waals surface area contributed by atoms with Crippen LogP contribution in [-0.4, -0.2) is 36.6 Å². The van der Waals surface area contributed by atoms with Crippen LogP contribution in [0.5, 0.6) is 0 Å². The second-order valence-electron chi connectivity index (χ2n) is 3.90. The van der Waals surface area contributed by atoms with Crippen LogP contribution in [0, 0.1) is 0 Å². The predicted octanol–water partition coefficient (Wildman–Crippen LogP) is -0.419. The molecule has 1 aliphatic rings. The maximum atomic E-state index is 8.90. The molecule has 7 heteroatoms. The van der Waals surface area contributed by atoms with Gasteiger partial charge in [0.25, 0.3) is 0 Å². The smallest absolute Gasteiger partial charge is 0.152 e. The highest BCUT2D eigenvalue weighted by Gasteiger charge is 2.18. The monoisotopic (exact) mass is 232 g/mol. The van der Waals surface area contributed by atoms with E-state index in [0.29, 0.717) is 12.2 Å². The van der Waals surface area contributed by atoms with E-state index in [-0.39, 0.29) is 6.61 Å². The molecule has 0 saturated carbocycles. The SMILES string of the molecule is OCc1ccc(N2CCn3cnnc3C2)nn1. The summed E-state index contributed by atoms with van der Waals surface area (Å²) in [5, 5.41) is 24.8. The van der Waals surface area contributed by atoms with E-state index in [4.69, 9.17) is 5.11 Å².